The Balaban J connectivity index is 2.61. The summed E-state index contributed by atoms with van der Waals surface area (Å²) in [4.78, 5) is 25.3. The summed E-state index contributed by atoms with van der Waals surface area (Å²) in [6.45, 7) is 12.4. The molecule has 0 aromatic carbocycles. The minimum Gasteiger partial charge on any atom is -0.460 e. The van der Waals surface area contributed by atoms with Gasteiger partial charge in [0.15, 0.2) is 0 Å². The van der Waals surface area contributed by atoms with Crippen LogP contribution in [-0.2, 0) is 14.3 Å². The predicted octanol–water partition coefficient (Wildman–Crippen LogP) is 4.75. The zero-order valence-corrected chi connectivity index (χ0v) is 16.3. The third-order valence-electron chi connectivity index (χ3n) is 3.55. The number of rotatable bonds is 7. The summed E-state index contributed by atoms with van der Waals surface area (Å²) in [5, 5.41) is 0. The van der Waals surface area contributed by atoms with Crippen LogP contribution >= 0.6 is 0 Å². The highest BCUT2D eigenvalue weighted by molar-refractivity contribution is 5.75. The van der Waals surface area contributed by atoms with Crippen molar-refractivity contribution >= 4 is 12.1 Å². The van der Waals surface area contributed by atoms with Crippen molar-refractivity contribution in [3.05, 3.63) is 35.1 Å². The minimum atomic E-state index is -0.511. The van der Waals surface area contributed by atoms with Gasteiger partial charge in [0.05, 0.1) is 12.1 Å². The topological polar surface area (TPSA) is 55.8 Å². The van der Waals surface area contributed by atoms with E-state index in [0.717, 1.165) is 12.8 Å². The maximum Gasteiger partial charge on any atom is 0.414 e. The highest BCUT2D eigenvalue weighted by Gasteiger charge is 2.27. The van der Waals surface area contributed by atoms with Gasteiger partial charge >= 0.3 is 12.1 Å². The zero-order chi connectivity index (χ0) is 19.0. The van der Waals surface area contributed by atoms with Crippen LogP contribution in [0.5, 0.6) is 0 Å². The summed E-state index contributed by atoms with van der Waals surface area (Å²) in [6.07, 6.45) is 7.67. The maximum atomic E-state index is 11.9. The molecule has 0 spiro atoms. The van der Waals surface area contributed by atoms with Crippen molar-refractivity contribution in [1.29, 1.82) is 0 Å². The van der Waals surface area contributed by atoms with Crippen LogP contribution in [0.4, 0.5) is 4.79 Å². The quantitative estimate of drug-likeness (QED) is 0.492. The predicted molar refractivity (Wildman–Crippen MR) is 99.0 cm³/mol. The van der Waals surface area contributed by atoms with Crippen LogP contribution in [0.25, 0.3) is 0 Å². The average molecular weight is 349 g/mol. The first kappa shape index (κ1) is 21.0. The van der Waals surface area contributed by atoms with Crippen molar-refractivity contribution in [2.45, 2.75) is 66.4 Å². The number of hydrogen-bond acceptors (Lipinski definition) is 4. The molecule has 1 saturated heterocycles. The summed E-state index contributed by atoms with van der Waals surface area (Å²) in [6, 6.07) is 0. The molecular formula is C20H31NO4. The molecule has 0 aliphatic carbocycles. The molecule has 1 rings (SSSR count). The maximum absolute atomic E-state index is 11.9. The molecule has 0 radical (unpaired) electrons. The van der Waals surface area contributed by atoms with Gasteiger partial charge in [-0.1, -0.05) is 29.4 Å². The summed E-state index contributed by atoms with van der Waals surface area (Å²) in [5.74, 6) is -0.312. The van der Waals surface area contributed by atoms with Gasteiger partial charge < -0.3 is 9.47 Å². The van der Waals surface area contributed by atoms with E-state index >= 15 is 0 Å². The van der Waals surface area contributed by atoms with Gasteiger partial charge in [-0.05, 0) is 54.4 Å². The zero-order valence-electron chi connectivity index (χ0n) is 16.3. The summed E-state index contributed by atoms with van der Waals surface area (Å²) >= 11 is 0. The monoisotopic (exact) mass is 349 g/mol. The molecule has 0 N–H and O–H groups in total. The first-order valence-electron chi connectivity index (χ1n) is 8.72. The van der Waals surface area contributed by atoms with Crippen molar-refractivity contribution in [3.8, 4) is 0 Å². The number of esters is 1. The normalized spacial score (nSPS) is 16.9. The van der Waals surface area contributed by atoms with Gasteiger partial charge in [-0.15, -0.1) is 0 Å². The van der Waals surface area contributed by atoms with Gasteiger partial charge in [0.25, 0.3) is 0 Å². The Morgan fingerprint density at radius 2 is 1.92 bits per heavy atom. The summed E-state index contributed by atoms with van der Waals surface area (Å²) in [5.41, 5.74) is 2.73. The molecule has 1 heterocycles. The van der Waals surface area contributed by atoms with Crippen molar-refractivity contribution in [2.24, 2.45) is 0 Å². The molecule has 0 bridgehead atoms. The standard InChI is InChI=1S/C20H31NO4/c1-15(2)8-7-9-16(3)12-13-21-17(14-24-19(21)23)10-11-18(22)25-20(4,5)6/h8,10,12H,7,9,11,13-14H2,1-6H3/b16-12?,17-10-. The minimum absolute atomic E-state index is 0.128. The molecule has 5 nitrogen and oxygen atoms in total. The molecule has 0 saturated carbocycles. The second kappa shape index (κ2) is 9.44. The van der Waals surface area contributed by atoms with Gasteiger partial charge in [-0.3, -0.25) is 9.69 Å². The highest BCUT2D eigenvalue weighted by atomic mass is 16.6. The average Bonchev–Trinajstić information content (AvgIpc) is 2.81. The fourth-order valence-electron chi connectivity index (χ4n) is 2.29. The lowest BCUT2D eigenvalue weighted by atomic mass is 10.1. The summed E-state index contributed by atoms with van der Waals surface area (Å²) in [7, 11) is 0. The molecule has 1 aliphatic heterocycles. The van der Waals surface area contributed by atoms with Crippen molar-refractivity contribution in [2.75, 3.05) is 13.2 Å². The van der Waals surface area contributed by atoms with Crippen LogP contribution < -0.4 is 0 Å². The van der Waals surface area contributed by atoms with Gasteiger partial charge in [0.2, 0.25) is 0 Å². The Morgan fingerprint density at radius 1 is 1.24 bits per heavy atom. The smallest absolute Gasteiger partial charge is 0.414 e. The van der Waals surface area contributed by atoms with E-state index < -0.39 is 5.60 Å². The van der Waals surface area contributed by atoms with E-state index in [0.29, 0.717) is 12.2 Å². The van der Waals surface area contributed by atoms with Crippen molar-refractivity contribution in [1.82, 2.24) is 4.90 Å². The first-order chi connectivity index (χ1) is 11.6. The number of nitrogens with zero attached hydrogens (tertiary/aromatic N) is 1. The van der Waals surface area contributed by atoms with E-state index in [4.69, 9.17) is 9.47 Å². The van der Waals surface area contributed by atoms with Crippen molar-refractivity contribution < 1.29 is 19.1 Å². The van der Waals surface area contributed by atoms with E-state index in [1.54, 1.807) is 11.0 Å². The van der Waals surface area contributed by atoms with Gasteiger partial charge in [-0.2, -0.15) is 0 Å². The molecule has 0 aromatic rings. The number of ether oxygens (including phenoxy) is 2. The molecule has 0 atom stereocenters. The lowest BCUT2D eigenvalue weighted by molar-refractivity contribution is -0.153. The second-order valence-electron chi connectivity index (χ2n) is 7.52. The molecule has 25 heavy (non-hydrogen) atoms. The Kier molecular flexibility index (Phi) is 7.94. The Labute approximate surface area is 151 Å². The molecular weight excluding hydrogens is 318 g/mol. The molecule has 1 aliphatic rings. The van der Waals surface area contributed by atoms with Gasteiger partial charge in [0, 0.05) is 6.54 Å². The number of carbonyl (C=O) groups excluding carboxylic acids is 2. The number of cyclic esters (lactones) is 1. The van der Waals surface area contributed by atoms with Gasteiger partial charge in [0.1, 0.15) is 12.2 Å². The van der Waals surface area contributed by atoms with Crippen LogP contribution in [0, 0.1) is 0 Å². The Morgan fingerprint density at radius 3 is 2.52 bits per heavy atom. The van der Waals surface area contributed by atoms with Crippen LogP contribution in [-0.4, -0.2) is 35.7 Å². The van der Waals surface area contributed by atoms with E-state index in [9.17, 15) is 9.59 Å². The fourth-order valence-corrected chi connectivity index (χ4v) is 2.29. The Bertz CT molecular complexity index is 575. The van der Waals surface area contributed by atoms with E-state index in [1.807, 2.05) is 26.8 Å². The molecule has 0 aromatic heterocycles. The Hall–Kier alpha value is -2.04. The van der Waals surface area contributed by atoms with E-state index in [1.165, 1.54) is 11.1 Å². The van der Waals surface area contributed by atoms with Crippen LogP contribution in [0.15, 0.2) is 35.1 Å². The highest BCUT2D eigenvalue weighted by Crippen LogP contribution is 2.18. The second-order valence-corrected chi connectivity index (χ2v) is 7.52. The molecule has 5 heteroatoms. The molecule has 140 valence electrons. The summed E-state index contributed by atoms with van der Waals surface area (Å²) < 4.78 is 10.4. The van der Waals surface area contributed by atoms with Crippen LogP contribution in [0.1, 0.15) is 60.8 Å². The number of hydrogen-bond donors (Lipinski definition) is 0. The number of carbonyl (C=O) groups is 2. The van der Waals surface area contributed by atoms with Crippen LogP contribution in [0.2, 0.25) is 0 Å². The molecule has 1 fully saturated rings. The lowest BCUT2D eigenvalue weighted by Crippen LogP contribution is -2.25. The van der Waals surface area contributed by atoms with E-state index in [-0.39, 0.29) is 25.1 Å². The van der Waals surface area contributed by atoms with Crippen LogP contribution in [0.3, 0.4) is 0 Å². The third kappa shape index (κ3) is 8.57. The lowest BCUT2D eigenvalue weighted by Gasteiger charge is -2.19. The largest absolute Gasteiger partial charge is 0.460 e. The SMILES string of the molecule is CC(C)=CCCC(C)=CCN1C(=O)OC/C1=C/CC(=O)OC(C)(C)C. The molecule has 1 amide bonds. The number of allylic oxidation sites excluding steroid dienone is 3. The first-order valence-corrected chi connectivity index (χ1v) is 8.72. The van der Waals surface area contributed by atoms with Crippen molar-refractivity contribution in [3.63, 3.8) is 0 Å². The van der Waals surface area contributed by atoms with Gasteiger partial charge in [-0.25, -0.2) is 4.79 Å². The molecule has 0 unspecified atom stereocenters. The fraction of sp³-hybridized carbons (Fsp3) is 0.600. The number of amides is 1. The third-order valence-corrected chi connectivity index (χ3v) is 3.55. The van der Waals surface area contributed by atoms with E-state index in [2.05, 4.69) is 26.8 Å².